The van der Waals surface area contributed by atoms with Crippen molar-refractivity contribution in [2.45, 2.75) is 85.0 Å². The Bertz CT molecular complexity index is 889. The fraction of sp³-hybridized carbons (Fsp3) is 0.556. The second-order valence-electron chi connectivity index (χ2n) is 9.54. The van der Waals surface area contributed by atoms with Crippen molar-refractivity contribution < 1.29 is 9.84 Å². The molecule has 168 valence electrons. The SMILES string of the molecule is CCCN(Cc1cc(C)c2c(c1)OCN(C1CCCCC1)C2)Cc1cc(C)ccc1O. The van der Waals surface area contributed by atoms with E-state index in [1.165, 1.54) is 54.4 Å². The van der Waals surface area contributed by atoms with Crippen molar-refractivity contribution in [2.75, 3.05) is 13.3 Å². The molecule has 31 heavy (non-hydrogen) atoms. The van der Waals surface area contributed by atoms with Crippen LogP contribution in [0.4, 0.5) is 0 Å². The van der Waals surface area contributed by atoms with Crippen LogP contribution in [0.15, 0.2) is 30.3 Å². The molecule has 4 heteroatoms. The van der Waals surface area contributed by atoms with Crippen molar-refractivity contribution >= 4 is 0 Å². The van der Waals surface area contributed by atoms with E-state index in [0.717, 1.165) is 50.6 Å². The van der Waals surface area contributed by atoms with Gasteiger partial charge in [0.05, 0.1) is 0 Å². The molecule has 2 aromatic carbocycles. The van der Waals surface area contributed by atoms with Crippen LogP contribution in [0.2, 0.25) is 0 Å². The zero-order chi connectivity index (χ0) is 21.8. The van der Waals surface area contributed by atoms with Crippen molar-refractivity contribution in [3.63, 3.8) is 0 Å². The summed E-state index contributed by atoms with van der Waals surface area (Å²) in [5.41, 5.74) is 6.18. The molecule has 1 N–H and O–H groups in total. The lowest BCUT2D eigenvalue weighted by Gasteiger charge is -2.38. The Kier molecular flexibility index (Phi) is 7.19. The lowest BCUT2D eigenvalue weighted by Crippen LogP contribution is -2.41. The Morgan fingerprint density at radius 2 is 1.87 bits per heavy atom. The summed E-state index contributed by atoms with van der Waals surface area (Å²) in [6.45, 7) is 10.9. The molecule has 2 aliphatic rings. The van der Waals surface area contributed by atoms with Gasteiger partial charge < -0.3 is 9.84 Å². The van der Waals surface area contributed by atoms with Gasteiger partial charge in [0.2, 0.25) is 0 Å². The highest BCUT2D eigenvalue weighted by Crippen LogP contribution is 2.34. The molecule has 0 saturated heterocycles. The van der Waals surface area contributed by atoms with Gasteiger partial charge >= 0.3 is 0 Å². The van der Waals surface area contributed by atoms with Crippen LogP contribution in [0.5, 0.6) is 11.5 Å². The molecule has 0 bridgehead atoms. The summed E-state index contributed by atoms with van der Waals surface area (Å²) in [7, 11) is 0. The van der Waals surface area contributed by atoms with Crippen LogP contribution in [0, 0.1) is 13.8 Å². The molecule has 1 heterocycles. The van der Waals surface area contributed by atoms with E-state index in [9.17, 15) is 5.11 Å². The van der Waals surface area contributed by atoms with Crippen molar-refractivity contribution in [1.82, 2.24) is 9.80 Å². The molecule has 0 atom stereocenters. The third-order valence-corrected chi connectivity index (χ3v) is 6.90. The molecule has 0 unspecified atom stereocenters. The average Bonchev–Trinajstić information content (AvgIpc) is 2.77. The van der Waals surface area contributed by atoms with Crippen molar-refractivity contribution in [3.8, 4) is 11.5 Å². The number of fused-ring (bicyclic) bond motifs is 1. The predicted molar refractivity (Wildman–Crippen MR) is 126 cm³/mol. The average molecular weight is 423 g/mol. The number of aryl methyl sites for hydroxylation is 2. The molecule has 1 aliphatic heterocycles. The first-order chi connectivity index (χ1) is 15.0. The molecule has 0 amide bonds. The van der Waals surface area contributed by atoms with Crippen LogP contribution in [-0.4, -0.2) is 34.2 Å². The highest BCUT2D eigenvalue weighted by atomic mass is 16.5. The quantitative estimate of drug-likeness (QED) is 0.602. The van der Waals surface area contributed by atoms with Crippen LogP contribution in [0.25, 0.3) is 0 Å². The summed E-state index contributed by atoms with van der Waals surface area (Å²) in [4.78, 5) is 4.96. The molecule has 1 aliphatic carbocycles. The van der Waals surface area contributed by atoms with Gasteiger partial charge in [-0.25, -0.2) is 0 Å². The second-order valence-corrected chi connectivity index (χ2v) is 9.54. The molecule has 0 radical (unpaired) electrons. The van der Waals surface area contributed by atoms with Crippen LogP contribution in [0.1, 0.15) is 73.3 Å². The van der Waals surface area contributed by atoms with Crippen molar-refractivity contribution in [1.29, 1.82) is 0 Å². The number of rotatable bonds is 7. The maximum absolute atomic E-state index is 10.3. The van der Waals surface area contributed by atoms with E-state index in [2.05, 4.69) is 48.8 Å². The van der Waals surface area contributed by atoms with Crippen LogP contribution in [0.3, 0.4) is 0 Å². The van der Waals surface area contributed by atoms with Gasteiger partial charge in [-0.2, -0.15) is 0 Å². The number of nitrogens with zero attached hydrogens (tertiary/aromatic N) is 2. The first-order valence-corrected chi connectivity index (χ1v) is 12.0. The smallest absolute Gasteiger partial charge is 0.142 e. The fourth-order valence-corrected chi connectivity index (χ4v) is 5.23. The summed E-state index contributed by atoms with van der Waals surface area (Å²) in [6.07, 6.45) is 7.81. The Hall–Kier alpha value is -2.04. The molecule has 4 nitrogen and oxygen atoms in total. The topological polar surface area (TPSA) is 35.9 Å². The lowest BCUT2D eigenvalue weighted by molar-refractivity contribution is 0.0399. The third-order valence-electron chi connectivity index (χ3n) is 6.90. The van der Waals surface area contributed by atoms with E-state index in [4.69, 9.17) is 4.74 Å². The molecule has 0 spiro atoms. The molecule has 4 rings (SSSR count). The van der Waals surface area contributed by atoms with Gasteiger partial charge in [0.15, 0.2) is 0 Å². The van der Waals surface area contributed by atoms with E-state index in [1.807, 2.05) is 12.1 Å². The number of aromatic hydroxyl groups is 1. The number of hydrogen-bond acceptors (Lipinski definition) is 4. The third kappa shape index (κ3) is 5.42. The largest absolute Gasteiger partial charge is 0.508 e. The van der Waals surface area contributed by atoms with Gasteiger partial charge in [0, 0.05) is 36.8 Å². The van der Waals surface area contributed by atoms with Gasteiger partial charge in [-0.05, 0) is 62.9 Å². The Labute approximate surface area is 187 Å². The monoisotopic (exact) mass is 422 g/mol. The lowest BCUT2D eigenvalue weighted by atomic mass is 9.93. The van der Waals surface area contributed by atoms with E-state index in [-0.39, 0.29) is 0 Å². The molecule has 2 aromatic rings. The number of phenols is 1. The highest BCUT2D eigenvalue weighted by Gasteiger charge is 2.27. The predicted octanol–water partition coefficient (Wildman–Crippen LogP) is 5.91. The van der Waals surface area contributed by atoms with Gasteiger partial charge in [0.1, 0.15) is 18.2 Å². The van der Waals surface area contributed by atoms with Gasteiger partial charge in [-0.15, -0.1) is 0 Å². The van der Waals surface area contributed by atoms with Crippen LogP contribution >= 0.6 is 0 Å². The van der Waals surface area contributed by atoms with Gasteiger partial charge in [-0.1, -0.05) is 49.9 Å². The van der Waals surface area contributed by atoms with Crippen LogP contribution < -0.4 is 4.74 Å². The van der Waals surface area contributed by atoms with Gasteiger partial charge in [-0.3, -0.25) is 9.80 Å². The number of benzene rings is 2. The van der Waals surface area contributed by atoms with Crippen molar-refractivity contribution in [2.24, 2.45) is 0 Å². The maximum atomic E-state index is 10.3. The zero-order valence-electron chi connectivity index (χ0n) is 19.5. The molecular formula is C27H38N2O2. The second kappa shape index (κ2) is 10.1. The fourth-order valence-electron chi connectivity index (χ4n) is 5.23. The van der Waals surface area contributed by atoms with E-state index < -0.39 is 0 Å². The normalized spacial score (nSPS) is 17.5. The zero-order valence-corrected chi connectivity index (χ0v) is 19.5. The minimum atomic E-state index is 0.388. The summed E-state index contributed by atoms with van der Waals surface area (Å²) in [6, 6.07) is 11.1. The minimum absolute atomic E-state index is 0.388. The Morgan fingerprint density at radius 1 is 1.06 bits per heavy atom. The van der Waals surface area contributed by atoms with E-state index >= 15 is 0 Å². The van der Waals surface area contributed by atoms with Gasteiger partial charge in [0.25, 0.3) is 0 Å². The summed E-state index contributed by atoms with van der Waals surface area (Å²) in [5, 5.41) is 10.3. The Balaban J connectivity index is 1.48. The summed E-state index contributed by atoms with van der Waals surface area (Å²) < 4.78 is 6.27. The van der Waals surface area contributed by atoms with E-state index in [1.54, 1.807) is 0 Å². The van der Waals surface area contributed by atoms with Crippen LogP contribution in [-0.2, 0) is 19.6 Å². The first kappa shape index (κ1) is 22.2. The highest BCUT2D eigenvalue weighted by molar-refractivity contribution is 5.44. The molecule has 1 saturated carbocycles. The maximum Gasteiger partial charge on any atom is 0.142 e. The molecular weight excluding hydrogens is 384 g/mol. The van der Waals surface area contributed by atoms with Crippen molar-refractivity contribution in [3.05, 3.63) is 58.1 Å². The standard InChI is InChI=1S/C27H38N2O2/c1-4-12-28(17-23-13-20(2)10-11-26(23)30)16-22-14-21(3)25-18-29(19-31-27(25)15-22)24-8-6-5-7-9-24/h10-11,13-15,24,30H,4-9,12,16-19H2,1-3H3. The minimum Gasteiger partial charge on any atom is -0.508 e. The molecule has 0 aromatic heterocycles. The first-order valence-electron chi connectivity index (χ1n) is 12.0. The molecule has 1 fully saturated rings. The Morgan fingerprint density at radius 3 is 2.65 bits per heavy atom. The summed E-state index contributed by atoms with van der Waals surface area (Å²) >= 11 is 0. The number of ether oxygens (including phenoxy) is 1. The number of phenolic OH excluding ortho intramolecular Hbond substituents is 1. The summed E-state index contributed by atoms with van der Waals surface area (Å²) in [5.74, 6) is 1.45. The number of hydrogen-bond donors (Lipinski definition) is 1. The van der Waals surface area contributed by atoms with E-state index in [0.29, 0.717) is 11.8 Å².